The SMILES string of the molecule is O=C(CCCC(=O)Oc1ccc(/C=C/[N+](=O)[O-])cc1)OCc1ccccc1. The number of carbonyl (C=O) groups is 2. The van der Waals surface area contributed by atoms with E-state index >= 15 is 0 Å². The highest BCUT2D eigenvalue weighted by Crippen LogP contribution is 2.14. The Morgan fingerprint density at radius 1 is 0.963 bits per heavy atom. The van der Waals surface area contributed by atoms with E-state index in [0.717, 1.165) is 11.8 Å². The van der Waals surface area contributed by atoms with Crippen molar-refractivity contribution >= 4 is 18.0 Å². The molecule has 0 saturated carbocycles. The Kier molecular flexibility index (Phi) is 7.71. The van der Waals surface area contributed by atoms with Crippen LogP contribution < -0.4 is 4.74 Å². The molecule has 0 saturated heterocycles. The average Bonchev–Trinajstić information content (AvgIpc) is 2.66. The number of nitro groups is 1. The molecule has 0 unspecified atom stereocenters. The zero-order valence-electron chi connectivity index (χ0n) is 14.6. The van der Waals surface area contributed by atoms with Crippen molar-refractivity contribution in [2.24, 2.45) is 0 Å². The number of rotatable bonds is 9. The molecule has 7 nitrogen and oxygen atoms in total. The van der Waals surface area contributed by atoms with E-state index in [1.165, 1.54) is 6.08 Å². The van der Waals surface area contributed by atoms with Crippen molar-refractivity contribution in [2.45, 2.75) is 25.9 Å². The highest BCUT2D eigenvalue weighted by atomic mass is 16.6. The van der Waals surface area contributed by atoms with Crippen molar-refractivity contribution in [3.63, 3.8) is 0 Å². The van der Waals surface area contributed by atoms with Crippen LogP contribution in [0.2, 0.25) is 0 Å². The number of hydrogen-bond donors (Lipinski definition) is 0. The van der Waals surface area contributed by atoms with Gasteiger partial charge < -0.3 is 9.47 Å². The smallest absolute Gasteiger partial charge is 0.311 e. The summed E-state index contributed by atoms with van der Waals surface area (Å²) >= 11 is 0. The van der Waals surface area contributed by atoms with Gasteiger partial charge in [0.05, 0.1) is 4.92 Å². The van der Waals surface area contributed by atoms with Crippen molar-refractivity contribution in [2.75, 3.05) is 0 Å². The Morgan fingerprint density at radius 2 is 1.63 bits per heavy atom. The summed E-state index contributed by atoms with van der Waals surface area (Å²) in [7, 11) is 0. The highest BCUT2D eigenvalue weighted by Gasteiger charge is 2.08. The zero-order valence-corrected chi connectivity index (χ0v) is 14.6. The first-order valence-corrected chi connectivity index (χ1v) is 8.35. The maximum absolute atomic E-state index is 11.8. The second-order valence-corrected chi connectivity index (χ2v) is 5.64. The fourth-order valence-electron chi connectivity index (χ4n) is 2.16. The largest absolute Gasteiger partial charge is 0.461 e. The van der Waals surface area contributed by atoms with Crippen LogP contribution >= 0.6 is 0 Å². The summed E-state index contributed by atoms with van der Waals surface area (Å²) in [6.07, 6.45) is 2.72. The Labute approximate surface area is 156 Å². The van der Waals surface area contributed by atoms with Gasteiger partial charge in [-0.1, -0.05) is 42.5 Å². The summed E-state index contributed by atoms with van der Waals surface area (Å²) in [6, 6.07) is 15.6. The van der Waals surface area contributed by atoms with Gasteiger partial charge in [-0.3, -0.25) is 19.7 Å². The molecule has 0 aliphatic rings. The maximum atomic E-state index is 11.8. The number of benzene rings is 2. The molecule has 0 aliphatic carbocycles. The lowest BCUT2D eigenvalue weighted by Gasteiger charge is -2.06. The van der Waals surface area contributed by atoms with Crippen molar-refractivity contribution in [1.82, 2.24) is 0 Å². The lowest BCUT2D eigenvalue weighted by molar-refractivity contribution is -0.400. The molecule has 0 atom stereocenters. The van der Waals surface area contributed by atoms with Crippen LogP contribution in [0.3, 0.4) is 0 Å². The average molecular weight is 369 g/mol. The van der Waals surface area contributed by atoms with Crippen LogP contribution in [-0.2, 0) is 20.9 Å². The monoisotopic (exact) mass is 369 g/mol. The standard InChI is InChI=1S/C20H19NO6/c22-19(26-15-17-5-2-1-3-6-17)7-4-8-20(23)27-18-11-9-16(10-12-18)13-14-21(24)25/h1-3,5-6,9-14H,4,7-8,15H2/b14-13+. The van der Waals surface area contributed by atoms with Crippen LogP contribution in [0.1, 0.15) is 30.4 Å². The third-order valence-electron chi connectivity index (χ3n) is 3.50. The van der Waals surface area contributed by atoms with E-state index in [9.17, 15) is 19.7 Å². The molecule has 0 N–H and O–H groups in total. The van der Waals surface area contributed by atoms with E-state index in [1.54, 1.807) is 24.3 Å². The molecule has 0 heterocycles. The van der Waals surface area contributed by atoms with E-state index < -0.39 is 10.9 Å². The number of nitrogens with zero attached hydrogens (tertiary/aromatic N) is 1. The fraction of sp³-hybridized carbons (Fsp3) is 0.200. The number of ether oxygens (including phenoxy) is 2. The van der Waals surface area contributed by atoms with Crippen molar-refractivity contribution in [1.29, 1.82) is 0 Å². The van der Waals surface area contributed by atoms with Gasteiger partial charge in [-0.2, -0.15) is 0 Å². The molecule has 0 amide bonds. The van der Waals surface area contributed by atoms with Crippen LogP contribution in [0, 0.1) is 10.1 Å². The summed E-state index contributed by atoms with van der Waals surface area (Å²) in [5, 5.41) is 10.3. The van der Waals surface area contributed by atoms with Crippen LogP contribution in [0.4, 0.5) is 0 Å². The third-order valence-corrected chi connectivity index (χ3v) is 3.50. The van der Waals surface area contributed by atoms with Gasteiger partial charge in [0.2, 0.25) is 6.20 Å². The Morgan fingerprint density at radius 3 is 2.30 bits per heavy atom. The quantitative estimate of drug-likeness (QED) is 0.289. The number of hydrogen-bond acceptors (Lipinski definition) is 6. The van der Waals surface area contributed by atoms with Crippen LogP contribution in [0.25, 0.3) is 6.08 Å². The molecule has 2 aromatic carbocycles. The predicted molar refractivity (Wildman–Crippen MR) is 98.2 cm³/mol. The Hall–Kier alpha value is -3.48. The minimum absolute atomic E-state index is 0.0867. The molecule has 0 fully saturated rings. The summed E-state index contributed by atoms with van der Waals surface area (Å²) in [4.78, 5) is 33.2. The molecular weight excluding hydrogens is 350 g/mol. The lowest BCUT2D eigenvalue weighted by atomic mass is 10.2. The summed E-state index contributed by atoms with van der Waals surface area (Å²) in [5.41, 5.74) is 1.52. The van der Waals surface area contributed by atoms with Crippen LogP contribution in [-0.4, -0.2) is 16.9 Å². The van der Waals surface area contributed by atoms with E-state index in [-0.39, 0.29) is 25.4 Å². The van der Waals surface area contributed by atoms with Crippen molar-refractivity contribution in [3.8, 4) is 5.75 Å². The molecule has 0 aliphatic heterocycles. The Balaban J connectivity index is 1.66. The maximum Gasteiger partial charge on any atom is 0.311 e. The summed E-state index contributed by atoms with van der Waals surface area (Å²) < 4.78 is 10.3. The first-order chi connectivity index (χ1) is 13.0. The molecule has 0 aromatic heterocycles. The minimum Gasteiger partial charge on any atom is -0.461 e. The second kappa shape index (κ2) is 10.5. The third kappa shape index (κ3) is 7.96. The molecule has 7 heteroatoms. The molecular formula is C20H19NO6. The van der Waals surface area contributed by atoms with Gasteiger partial charge in [0, 0.05) is 18.9 Å². The van der Waals surface area contributed by atoms with E-state index in [4.69, 9.17) is 9.47 Å². The normalized spacial score (nSPS) is 10.5. The van der Waals surface area contributed by atoms with Crippen molar-refractivity contribution in [3.05, 3.63) is 82.0 Å². The van der Waals surface area contributed by atoms with E-state index in [0.29, 0.717) is 17.7 Å². The highest BCUT2D eigenvalue weighted by molar-refractivity contribution is 5.74. The minimum atomic E-state index is -0.557. The van der Waals surface area contributed by atoms with Gasteiger partial charge in [0.25, 0.3) is 0 Å². The number of esters is 2. The van der Waals surface area contributed by atoms with E-state index in [2.05, 4.69) is 0 Å². The van der Waals surface area contributed by atoms with Gasteiger partial charge >= 0.3 is 11.9 Å². The van der Waals surface area contributed by atoms with Crippen molar-refractivity contribution < 1.29 is 24.0 Å². The summed E-state index contributed by atoms with van der Waals surface area (Å²) in [5.74, 6) is -0.488. The van der Waals surface area contributed by atoms with Crippen LogP contribution in [0.5, 0.6) is 5.75 Å². The predicted octanol–water partition coefficient (Wildman–Crippen LogP) is 3.75. The topological polar surface area (TPSA) is 95.7 Å². The van der Waals surface area contributed by atoms with Gasteiger partial charge in [-0.25, -0.2) is 0 Å². The molecule has 0 radical (unpaired) electrons. The molecule has 2 rings (SSSR count). The van der Waals surface area contributed by atoms with Gasteiger partial charge in [-0.15, -0.1) is 0 Å². The molecule has 140 valence electrons. The first kappa shape index (κ1) is 19.8. The van der Waals surface area contributed by atoms with Gasteiger partial charge in [0.1, 0.15) is 12.4 Å². The molecule has 2 aromatic rings. The first-order valence-electron chi connectivity index (χ1n) is 8.35. The molecule has 0 bridgehead atoms. The number of carbonyl (C=O) groups excluding carboxylic acids is 2. The van der Waals surface area contributed by atoms with E-state index in [1.807, 2.05) is 30.3 Å². The fourth-order valence-corrected chi connectivity index (χ4v) is 2.16. The zero-order chi connectivity index (χ0) is 19.5. The molecule has 27 heavy (non-hydrogen) atoms. The van der Waals surface area contributed by atoms with Gasteiger partial charge in [0.15, 0.2) is 0 Å². The second-order valence-electron chi connectivity index (χ2n) is 5.64. The summed E-state index contributed by atoms with van der Waals surface area (Å²) in [6.45, 7) is 0.210. The molecule has 0 spiro atoms. The Bertz CT molecular complexity index is 799. The van der Waals surface area contributed by atoms with Crippen LogP contribution in [0.15, 0.2) is 60.8 Å². The van der Waals surface area contributed by atoms with Gasteiger partial charge in [-0.05, 0) is 29.7 Å². The lowest BCUT2D eigenvalue weighted by Crippen LogP contribution is -2.10.